The van der Waals surface area contributed by atoms with Gasteiger partial charge in [0.1, 0.15) is 6.10 Å². The topological polar surface area (TPSA) is 156 Å². The number of hydrogen-bond donors (Lipinski definition) is 1. The number of ether oxygens (including phenoxy) is 6. The summed E-state index contributed by atoms with van der Waals surface area (Å²) in [5.74, 6) is -0.392. The van der Waals surface area contributed by atoms with Crippen LogP contribution in [0.5, 0.6) is 0 Å². The number of nitrogens with zero attached hydrogens (tertiary/aromatic N) is 1. The summed E-state index contributed by atoms with van der Waals surface area (Å²) in [6.07, 6.45) is 50.8. The molecule has 0 aromatic heterocycles. The Balaban J connectivity index is 3.99. The third-order valence-electron chi connectivity index (χ3n) is 14.9. The van der Waals surface area contributed by atoms with Crippen molar-refractivity contribution in [3.05, 3.63) is 0 Å². The monoisotopic (exact) mass is 1120 g/mol. The Labute approximate surface area is 485 Å². The van der Waals surface area contributed by atoms with Gasteiger partial charge in [-0.15, -0.1) is 0 Å². The van der Waals surface area contributed by atoms with Gasteiger partial charge in [-0.05, 0) is 78.3 Å². The molecule has 13 heteroatoms. The predicted octanol–water partition coefficient (Wildman–Crippen LogP) is 17.6. The number of carbonyl (C=O) groups is 5. The average Bonchev–Trinajstić information content (AvgIpc) is 3.43. The van der Waals surface area contributed by atoms with Crippen molar-refractivity contribution in [1.29, 1.82) is 0 Å². The van der Waals surface area contributed by atoms with Crippen molar-refractivity contribution in [2.45, 2.75) is 328 Å². The summed E-state index contributed by atoms with van der Waals surface area (Å²) in [4.78, 5) is 63.5. The Morgan fingerprint density at radius 1 is 0.329 bits per heavy atom. The van der Waals surface area contributed by atoms with Crippen LogP contribution < -0.4 is 5.32 Å². The van der Waals surface area contributed by atoms with Gasteiger partial charge in [-0.2, -0.15) is 0 Å². The highest BCUT2D eigenvalue weighted by molar-refractivity contribution is 5.70. The number of rotatable bonds is 63. The van der Waals surface area contributed by atoms with Crippen molar-refractivity contribution >= 4 is 30.0 Å². The molecule has 0 saturated carbocycles. The lowest BCUT2D eigenvalue weighted by molar-refractivity contribution is -0.145. The van der Waals surface area contributed by atoms with E-state index in [0.717, 1.165) is 96.4 Å². The molecule has 0 heterocycles. The van der Waals surface area contributed by atoms with Crippen LogP contribution in [0, 0.1) is 0 Å². The van der Waals surface area contributed by atoms with E-state index in [9.17, 15) is 24.0 Å². The highest BCUT2D eigenvalue weighted by Gasteiger charge is 2.16. The summed E-state index contributed by atoms with van der Waals surface area (Å²) in [5.41, 5.74) is 0. The van der Waals surface area contributed by atoms with Gasteiger partial charge in [-0.3, -0.25) is 19.2 Å². The van der Waals surface area contributed by atoms with Crippen LogP contribution in [0.15, 0.2) is 0 Å². The minimum Gasteiger partial charge on any atom is -0.466 e. The van der Waals surface area contributed by atoms with Crippen molar-refractivity contribution in [3.63, 3.8) is 0 Å². The molecule has 0 rings (SSSR count). The maximum Gasteiger partial charge on any atom is 0.407 e. The molecule has 13 nitrogen and oxygen atoms in total. The Morgan fingerprint density at radius 3 is 0.886 bits per heavy atom. The molecule has 79 heavy (non-hydrogen) atoms. The van der Waals surface area contributed by atoms with E-state index in [1.165, 1.54) is 167 Å². The first kappa shape index (κ1) is 76.1. The molecule has 0 radical (unpaired) electrons. The fraction of sp³-hybridized carbons (Fsp3) is 0.924. The van der Waals surface area contributed by atoms with Gasteiger partial charge in [-0.25, -0.2) is 4.79 Å². The zero-order chi connectivity index (χ0) is 57.6. The van der Waals surface area contributed by atoms with Crippen LogP contribution in [0.1, 0.15) is 322 Å². The summed E-state index contributed by atoms with van der Waals surface area (Å²) in [6, 6.07) is 0. The molecule has 0 atom stereocenters. The Bertz CT molecular complexity index is 1270. The maximum absolute atomic E-state index is 12.6. The largest absolute Gasteiger partial charge is 0.466 e. The quantitative estimate of drug-likeness (QED) is 0.0350. The molecular weight excluding hydrogens is 997 g/mol. The minimum atomic E-state index is -0.503. The molecule has 0 saturated heterocycles. The maximum atomic E-state index is 12.6. The van der Waals surface area contributed by atoms with E-state index in [-0.39, 0.29) is 43.2 Å². The second-order valence-corrected chi connectivity index (χ2v) is 23.0. The summed E-state index contributed by atoms with van der Waals surface area (Å²) in [6.45, 7) is 8.33. The number of carbonyl (C=O) groups excluding carboxylic acids is 5. The fourth-order valence-electron chi connectivity index (χ4n) is 9.77. The van der Waals surface area contributed by atoms with Crippen LogP contribution in [0.25, 0.3) is 0 Å². The second-order valence-electron chi connectivity index (χ2n) is 23.0. The smallest absolute Gasteiger partial charge is 0.407 e. The molecule has 0 spiro atoms. The van der Waals surface area contributed by atoms with E-state index < -0.39 is 6.09 Å². The molecule has 0 bridgehead atoms. The van der Waals surface area contributed by atoms with E-state index in [1.807, 2.05) is 19.0 Å². The van der Waals surface area contributed by atoms with Gasteiger partial charge in [0.15, 0.2) is 0 Å². The molecule has 0 aliphatic heterocycles. The molecule has 1 amide bonds. The Morgan fingerprint density at radius 2 is 0.595 bits per heavy atom. The van der Waals surface area contributed by atoms with Crippen LogP contribution >= 0.6 is 0 Å². The zero-order valence-corrected chi connectivity index (χ0v) is 52.1. The van der Waals surface area contributed by atoms with Crippen molar-refractivity contribution in [2.24, 2.45) is 0 Å². The lowest BCUT2D eigenvalue weighted by Crippen LogP contribution is -2.32. The summed E-state index contributed by atoms with van der Waals surface area (Å²) in [7, 11) is 3.97. The molecule has 0 unspecified atom stereocenters. The van der Waals surface area contributed by atoms with Gasteiger partial charge >= 0.3 is 30.0 Å². The van der Waals surface area contributed by atoms with Crippen LogP contribution in [-0.4, -0.2) is 108 Å². The third kappa shape index (κ3) is 62.5. The molecular formula is C66H126N2O11. The zero-order valence-electron chi connectivity index (χ0n) is 52.1. The summed E-state index contributed by atoms with van der Waals surface area (Å²) in [5, 5.41) is 2.77. The van der Waals surface area contributed by atoms with Crippen molar-refractivity contribution in [3.8, 4) is 0 Å². The Kier molecular flexibility index (Phi) is 60.3. The van der Waals surface area contributed by atoms with E-state index in [2.05, 4.69) is 19.2 Å². The number of esters is 4. The molecule has 0 aliphatic rings. The number of nitrogens with one attached hydrogen (secondary N) is 1. The standard InChI is InChI=1S/C66H126N2O11/c1-5-7-9-11-37-43-55-75-62(69)49-39-33-29-25-21-17-13-15-19-23-27-31-35-41-51-64(71)77-57-45-47-61(79-66(73)67-53-59-74-60-54-68(3)4)48-46-58-78-65(72)52-42-36-32-28-24-20-16-14-18-22-26-30-34-40-50-63(70)76-56-44-38-12-10-8-6-2/h61H,5-60H2,1-4H3,(H,67,73). The van der Waals surface area contributed by atoms with Gasteiger partial charge in [0.05, 0.1) is 39.6 Å². The highest BCUT2D eigenvalue weighted by Crippen LogP contribution is 2.18. The summed E-state index contributed by atoms with van der Waals surface area (Å²) < 4.78 is 33.2. The van der Waals surface area contributed by atoms with Crippen molar-refractivity contribution < 1.29 is 52.4 Å². The first-order valence-corrected chi connectivity index (χ1v) is 33.5. The van der Waals surface area contributed by atoms with Gasteiger partial charge in [0.25, 0.3) is 0 Å². The first-order chi connectivity index (χ1) is 38.7. The van der Waals surface area contributed by atoms with Crippen LogP contribution in [0.4, 0.5) is 4.79 Å². The SMILES string of the molecule is CCCCCCCCOC(=O)CCCCCCCCCCCCCCCCC(=O)OCCCC(CCCOC(=O)CCCCCCCCCCCCCCCCC(=O)OCCCCCCCC)OC(=O)NCCOCCN(C)C. The van der Waals surface area contributed by atoms with Crippen molar-refractivity contribution in [1.82, 2.24) is 10.2 Å². The lowest BCUT2D eigenvalue weighted by atomic mass is 10.0. The van der Waals surface area contributed by atoms with Crippen LogP contribution in [0.2, 0.25) is 0 Å². The molecule has 0 aliphatic carbocycles. The van der Waals surface area contributed by atoms with E-state index >= 15 is 0 Å². The van der Waals surface area contributed by atoms with Gasteiger partial charge in [-0.1, -0.05) is 232 Å². The number of alkyl carbamates (subject to hydrolysis) is 1. The van der Waals surface area contributed by atoms with E-state index in [4.69, 9.17) is 28.4 Å². The molecule has 0 aromatic carbocycles. The number of likely N-dealkylation sites (N-methyl/N-ethyl adjacent to an activating group) is 1. The molecule has 0 aromatic rings. The fourth-order valence-corrected chi connectivity index (χ4v) is 9.77. The van der Waals surface area contributed by atoms with E-state index in [0.29, 0.717) is 84.3 Å². The van der Waals surface area contributed by atoms with Crippen molar-refractivity contribution in [2.75, 3.05) is 66.8 Å². The number of unbranched alkanes of at least 4 members (excludes halogenated alkanes) is 36. The lowest BCUT2D eigenvalue weighted by Gasteiger charge is -2.18. The molecule has 1 N–H and O–H groups in total. The predicted molar refractivity (Wildman–Crippen MR) is 324 cm³/mol. The number of hydrogen-bond acceptors (Lipinski definition) is 12. The minimum absolute atomic E-state index is 0.0238. The number of amides is 1. The summed E-state index contributed by atoms with van der Waals surface area (Å²) >= 11 is 0. The molecule has 466 valence electrons. The Hall–Kier alpha value is -2.93. The van der Waals surface area contributed by atoms with Crippen LogP contribution in [0.3, 0.4) is 0 Å². The van der Waals surface area contributed by atoms with Gasteiger partial charge in [0, 0.05) is 38.8 Å². The average molecular weight is 1120 g/mol. The van der Waals surface area contributed by atoms with Crippen LogP contribution in [-0.2, 0) is 47.6 Å². The first-order valence-electron chi connectivity index (χ1n) is 33.5. The van der Waals surface area contributed by atoms with E-state index in [1.54, 1.807) is 0 Å². The normalized spacial score (nSPS) is 11.4. The van der Waals surface area contributed by atoms with Gasteiger partial charge in [0.2, 0.25) is 0 Å². The van der Waals surface area contributed by atoms with Gasteiger partial charge < -0.3 is 38.6 Å². The highest BCUT2D eigenvalue weighted by atomic mass is 16.6. The molecule has 0 fully saturated rings. The second kappa shape index (κ2) is 62.7. The third-order valence-corrected chi connectivity index (χ3v) is 14.9.